The Balaban J connectivity index is 1.48. The van der Waals surface area contributed by atoms with Gasteiger partial charge in [-0.25, -0.2) is 4.79 Å². The van der Waals surface area contributed by atoms with Gasteiger partial charge in [0, 0.05) is 25.1 Å². The van der Waals surface area contributed by atoms with Gasteiger partial charge in [-0.1, -0.05) is 24.3 Å². The first kappa shape index (κ1) is 15.8. The summed E-state index contributed by atoms with van der Waals surface area (Å²) in [5, 5.41) is 3.18. The highest BCUT2D eigenvalue weighted by molar-refractivity contribution is 5.76. The molecule has 0 unspecified atom stereocenters. The summed E-state index contributed by atoms with van der Waals surface area (Å²) in [6.07, 6.45) is 0.788. The number of hydrogen-bond acceptors (Lipinski definition) is 3. The molecule has 25 heavy (non-hydrogen) atoms. The highest BCUT2D eigenvalue weighted by Gasteiger charge is 2.28. The summed E-state index contributed by atoms with van der Waals surface area (Å²) < 4.78 is 11.1. The Morgan fingerprint density at radius 3 is 2.92 bits per heavy atom. The molecule has 2 aliphatic rings. The lowest BCUT2D eigenvalue weighted by atomic mass is 9.98. The van der Waals surface area contributed by atoms with Crippen LogP contribution >= 0.6 is 0 Å². The van der Waals surface area contributed by atoms with Crippen LogP contribution in [0.15, 0.2) is 36.4 Å². The van der Waals surface area contributed by atoms with Crippen LogP contribution in [0.3, 0.4) is 0 Å². The molecule has 0 radical (unpaired) electrons. The van der Waals surface area contributed by atoms with Crippen molar-refractivity contribution in [1.82, 2.24) is 10.2 Å². The number of fused-ring (bicyclic) bond motifs is 2. The number of carbonyl (C=O) groups excluding carboxylic acids is 1. The van der Waals surface area contributed by atoms with E-state index in [-0.39, 0.29) is 12.1 Å². The predicted octanol–water partition coefficient (Wildman–Crippen LogP) is 3.55. The van der Waals surface area contributed by atoms with Gasteiger partial charge in [-0.05, 0) is 35.7 Å². The first-order chi connectivity index (χ1) is 12.2. The number of aryl methyl sites for hydroxylation is 1. The summed E-state index contributed by atoms with van der Waals surface area (Å²) in [4.78, 5) is 14.6. The van der Waals surface area contributed by atoms with Gasteiger partial charge in [-0.15, -0.1) is 0 Å². The Labute approximate surface area is 147 Å². The van der Waals surface area contributed by atoms with Crippen LogP contribution in [0.25, 0.3) is 0 Å². The monoisotopic (exact) mass is 338 g/mol. The number of carbonyl (C=O) groups is 1. The first-order valence-corrected chi connectivity index (χ1v) is 8.59. The van der Waals surface area contributed by atoms with E-state index in [1.165, 1.54) is 5.56 Å². The van der Waals surface area contributed by atoms with Crippen molar-refractivity contribution in [2.45, 2.75) is 32.5 Å². The summed E-state index contributed by atoms with van der Waals surface area (Å²) in [5.41, 5.74) is 4.51. The molecule has 2 aromatic rings. The molecule has 0 fully saturated rings. The molecule has 0 saturated carbocycles. The minimum atomic E-state index is -0.0328. The fourth-order valence-corrected chi connectivity index (χ4v) is 3.61. The van der Waals surface area contributed by atoms with E-state index < -0.39 is 0 Å². The molecule has 1 N–H and O–H groups in total. The Kier molecular flexibility index (Phi) is 3.99. The summed E-state index contributed by atoms with van der Waals surface area (Å²) in [6.45, 7) is 3.91. The lowest BCUT2D eigenvalue weighted by molar-refractivity contribution is 0.186. The largest absolute Gasteiger partial charge is 0.497 e. The molecule has 2 aromatic carbocycles. The van der Waals surface area contributed by atoms with Gasteiger partial charge >= 0.3 is 6.03 Å². The molecular formula is C20H22N2O3. The normalized spacial score (nSPS) is 18.2. The van der Waals surface area contributed by atoms with Crippen molar-refractivity contribution in [2.75, 3.05) is 13.7 Å². The number of nitrogens with one attached hydrogen (secondary N) is 1. The van der Waals surface area contributed by atoms with Crippen molar-refractivity contribution in [3.8, 4) is 11.5 Å². The van der Waals surface area contributed by atoms with E-state index in [4.69, 9.17) is 9.47 Å². The van der Waals surface area contributed by atoms with Crippen molar-refractivity contribution in [3.63, 3.8) is 0 Å². The van der Waals surface area contributed by atoms with Gasteiger partial charge in [0.1, 0.15) is 11.5 Å². The second kappa shape index (κ2) is 6.31. The molecule has 5 nitrogen and oxygen atoms in total. The average Bonchev–Trinajstić information content (AvgIpc) is 3.06. The van der Waals surface area contributed by atoms with Gasteiger partial charge in [0.05, 0.1) is 19.8 Å². The molecule has 0 bridgehead atoms. The smallest absolute Gasteiger partial charge is 0.318 e. The van der Waals surface area contributed by atoms with E-state index in [0.717, 1.165) is 34.6 Å². The van der Waals surface area contributed by atoms with Crippen LogP contribution in [0.5, 0.6) is 11.5 Å². The number of benzene rings is 2. The lowest BCUT2D eigenvalue weighted by Gasteiger charge is -2.29. The highest BCUT2D eigenvalue weighted by atomic mass is 16.5. The molecule has 0 aliphatic carbocycles. The molecule has 130 valence electrons. The van der Waals surface area contributed by atoms with Crippen molar-refractivity contribution in [3.05, 3.63) is 58.7 Å². The van der Waals surface area contributed by atoms with E-state index in [9.17, 15) is 4.79 Å². The average molecular weight is 338 g/mol. The van der Waals surface area contributed by atoms with E-state index in [1.54, 1.807) is 7.11 Å². The van der Waals surface area contributed by atoms with E-state index in [0.29, 0.717) is 19.7 Å². The zero-order valence-corrected chi connectivity index (χ0v) is 14.5. The number of methoxy groups -OCH3 is 1. The third kappa shape index (κ3) is 2.90. The number of amides is 2. The van der Waals surface area contributed by atoms with Gasteiger partial charge in [0.25, 0.3) is 0 Å². The number of urea groups is 1. The van der Waals surface area contributed by atoms with E-state index in [2.05, 4.69) is 5.32 Å². The number of para-hydroxylation sites is 1. The maximum atomic E-state index is 12.8. The Hall–Kier alpha value is -2.69. The summed E-state index contributed by atoms with van der Waals surface area (Å²) in [5.74, 6) is 1.74. The Morgan fingerprint density at radius 2 is 2.08 bits per heavy atom. The highest BCUT2D eigenvalue weighted by Crippen LogP contribution is 2.35. The molecule has 5 heteroatoms. The molecule has 2 heterocycles. The van der Waals surface area contributed by atoms with Crippen LogP contribution in [0.4, 0.5) is 4.79 Å². The van der Waals surface area contributed by atoms with Gasteiger partial charge in [0.15, 0.2) is 0 Å². The van der Waals surface area contributed by atoms with Gasteiger partial charge in [-0.3, -0.25) is 0 Å². The fourth-order valence-electron chi connectivity index (χ4n) is 3.61. The molecule has 4 rings (SSSR count). The minimum absolute atomic E-state index is 0.00519. The third-order valence-corrected chi connectivity index (χ3v) is 4.99. The predicted molar refractivity (Wildman–Crippen MR) is 94.8 cm³/mol. The van der Waals surface area contributed by atoms with Gasteiger partial charge in [-0.2, -0.15) is 0 Å². The van der Waals surface area contributed by atoms with Crippen molar-refractivity contribution < 1.29 is 14.3 Å². The molecule has 0 aromatic heterocycles. The second-order valence-electron chi connectivity index (χ2n) is 6.62. The Morgan fingerprint density at radius 1 is 1.24 bits per heavy atom. The quantitative estimate of drug-likeness (QED) is 0.911. The van der Waals surface area contributed by atoms with E-state index >= 15 is 0 Å². The van der Waals surface area contributed by atoms with Gasteiger partial charge in [0.2, 0.25) is 0 Å². The fraction of sp³-hybridized carbons (Fsp3) is 0.350. The number of rotatable bonds is 2. The standard InChI is InChI=1S/C20H22N2O3/c1-13-4-3-5-17-18(8-9-25-19(13)17)21-20(23)22-11-14-6-7-16(24-2)10-15(14)12-22/h3-7,10,18H,8-9,11-12H2,1-2H3,(H,21,23)/t18-/m1/s1. The number of ether oxygens (including phenoxy) is 2. The minimum Gasteiger partial charge on any atom is -0.497 e. The second-order valence-corrected chi connectivity index (χ2v) is 6.62. The summed E-state index contributed by atoms with van der Waals surface area (Å²) in [7, 11) is 1.66. The van der Waals surface area contributed by atoms with Crippen LogP contribution in [0.2, 0.25) is 0 Å². The van der Waals surface area contributed by atoms with E-state index in [1.807, 2.05) is 48.2 Å². The number of hydrogen-bond donors (Lipinski definition) is 1. The molecule has 2 amide bonds. The van der Waals surface area contributed by atoms with Gasteiger partial charge < -0.3 is 19.7 Å². The maximum absolute atomic E-state index is 12.8. The molecule has 0 spiro atoms. The van der Waals surface area contributed by atoms with Crippen molar-refractivity contribution >= 4 is 6.03 Å². The lowest BCUT2D eigenvalue weighted by Crippen LogP contribution is -2.40. The topological polar surface area (TPSA) is 50.8 Å². The molecular weight excluding hydrogens is 316 g/mol. The van der Waals surface area contributed by atoms with Crippen molar-refractivity contribution in [2.24, 2.45) is 0 Å². The van der Waals surface area contributed by atoms with Crippen LogP contribution in [0.1, 0.15) is 34.7 Å². The molecule has 0 saturated heterocycles. The zero-order valence-electron chi connectivity index (χ0n) is 14.5. The summed E-state index contributed by atoms with van der Waals surface area (Å²) in [6, 6.07) is 12.0. The number of nitrogens with zero attached hydrogens (tertiary/aromatic N) is 1. The van der Waals surface area contributed by atoms with Crippen molar-refractivity contribution in [1.29, 1.82) is 0 Å². The molecule has 2 aliphatic heterocycles. The van der Waals surface area contributed by atoms with Crippen LogP contribution in [-0.2, 0) is 13.1 Å². The van der Waals surface area contributed by atoms with Crippen LogP contribution in [0, 0.1) is 6.92 Å². The maximum Gasteiger partial charge on any atom is 0.318 e. The van der Waals surface area contributed by atoms with Crippen LogP contribution in [-0.4, -0.2) is 24.6 Å². The first-order valence-electron chi connectivity index (χ1n) is 8.59. The Bertz CT molecular complexity index is 819. The van der Waals surface area contributed by atoms with Crippen LogP contribution < -0.4 is 14.8 Å². The zero-order chi connectivity index (χ0) is 17.4. The molecule has 1 atom stereocenters. The SMILES string of the molecule is COc1ccc2c(c1)CN(C(=O)N[C@@H]1CCOc3c(C)cccc31)C2. The summed E-state index contributed by atoms with van der Waals surface area (Å²) >= 11 is 0. The third-order valence-electron chi connectivity index (χ3n) is 4.99.